The molecule has 1 aromatic heterocycles. The average Bonchev–Trinajstić information content (AvgIpc) is 2.64. The number of ether oxygens (including phenoxy) is 1. The number of carbonyl (C=O) groups excluding carboxylic acids is 1. The van der Waals surface area contributed by atoms with Crippen LogP contribution in [0.25, 0.3) is 11.3 Å². The predicted octanol–water partition coefficient (Wildman–Crippen LogP) is 5.31. The van der Waals surface area contributed by atoms with Gasteiger partial charge in [-0.2, -0.15) is 13.2 Å². The zero-order chi connectivity index (χ0) is 19.6. The van der Waals surface area contributed by atoms with Gasteiger partial charge in [-0.3, -0.25) is 4.90 Å². The number of alkyl halides is 3. The molecular formula is C20H21F3N2O2. The lowest BCUT2D eigenvalue weighted by molar-refractivity contribution is -0.137. The number of carbonyl (C=O) groups is 1. The third kappa shape index (κ3) is 4.40. The Bertz CT molecular complexity index is 834. The van der Waals surface area contributed by atoms with Crippen LogP contribution >= 0.6 is 0 Å². The van der Waals surface area contributed by atoms with Gasteiger partial charge >= 0.3 is 12.3 Å². The first-order valence-corrected chi connectivity index (χ1v) is 8.87. The largest absolute Gasteiger partial charge is 0.449 e. The number of rotatable bonds is 3. The summed E-state index contributed by atoms with van der Waals surface area (Å²) in [6, 6.07) is 8.54. The number of hydrogen-bond acceptors (Lipinski definition) is 3. The molecule has 2 heterocycles. The summed E-state index contributed by atoms with van der Waals surface area (Å²) in [5.41, 5.74) is 0.906. The minimum Gasteiger partial charge on any atom is -0.449 e. The zero-order valence-corrected chi connectivity index (χ0v) is 15.2. The van der Waals surface area contributed by atoms with Crippen LogP contribution in [-0.4, -0.2) is 24.2 Å². The summed E-state index contributed by atoms with van der Waals surface area (Å²) in [4.78, 5) is 18.4. The molecule has 2 aromatic rings. The SMILES string of the molecule is CC(C)COC(=O)N1CCCc2ccc(-c3cccc(C(F)(F)F)c3)nc21. The summed E-state index contributed by atoms with van der Waals surface area (Å²) >= 11 is 0. The third-order valence-electron chi connectivity index (χ3n) is 4.29. The number of hydrogen-bond donors (Lipinski definition) is 0. The van der Waals surface area contributed by atoms with Gasteiger partial charge in [0.05, 0.1) is 17.9 Å². The maximum Gasteiger partial charge on any atom is 0.416 e. The fourth-order valence-corrected chi connectivity index (χ4v) is 2.95. The number of halogens is 3. The molecule has 144 valence electrons. The minimum absolute atomic E-state index is 0.211. The Morgan fingerprint density at radius 3 is 2.74 bits per heavy atom. The molecule has 0 aliphatic carbocycles. The molecule has 0 bridgehead atoms. The van der Waals surface area contributed by atoms with Crippen molar-refractivity contribution in [3.05, 3.63) is 47.5 Å². The van der Waals surface area contributed by atoms with Crippen LogP contribution in [0.5, 0.6) is 0 Å². The van der Waals surface area contributed by atoms with Gasteiger partial charge in [-0.25, -0.2) is 9.78 Å². The van der Waals surface area contributed by atoms with Crippen molar-refractivity contribution < 1.29 is 22.7 Å². The Hall–Kier alpha value is -2.57. The van der Waals surface area contributed by atoms with Crippen LogP contribution in [0.1, 0.15) is 31.4 Å². The molecule has 0 fully saturated rings. The van der Waals surface area contributed by atoms with Crippen molar-refractivity contribution >= 4 is 11.9 Å². The topological polar surface area (TPSA) is 42.4 Å². The van der Waals surface area contributed by atoms with Gasteiger partial charge in [0.1, 0.15) is 5.82 Å². The van der Waals surface area contributed by atoms with Gasteiger partial charge in [-0.1, -0.05) is 32.0 Å². The molecule has 1 amide bonds. The van der Waals surface area contributed by atoms with E-state index < -0.39 is 17.8 Å². The van der Waals surface area contributed by atoms with E-state index in [2.05, 4.69) is 4.98 Å². The number of pyridine rings is 1. The molecule has 0 N–H and O–H groups in total. The van der Waals surface area contributed by atoms with E-state index in [-0.39, 0.29) is 5.92 Å². The van der Waals surface area contributed by atoms with Gasteiger partial charge in [-0.15, -0.1) is 0 Å². The molecule has 0 atom stereocenters. The molecule has 3 rings (SSSR count). The van der Waals surface area contributed by atoms with Crippen LogP contribution in [-0.2, 0) is 17.3 Å². The highest BCUT2D eigenvalue weighted by Gasteiger charge is 2.31. The van der Waals surface area contributed by atoms with Crippen molar-refractivity contribution in [1.29, 1.82) is 0 Å². The van der Waals surface area contributed by atoms with E-state index in [1.807, 2.05) is 19.9 Å². The molecule has 0 saturated heterocycles. The highest BCUT2D eigenvalue weighted by atomic mass is 19.4. The second kappa shape index (κ2) is 7.58. The van der Waals surface area contributed by atoms with Crippen LogP contribution in [0.2, 0.25) is 0 Å². The Morgan fingerprint density at radius 2 is 2.04 bits per heavy atom. The third-order valence-corrected chi connectivity index (χ3v) is 4.29. The van der Waals surface area contributed by atoms with E-state index in [0.717, 1.165) is 30.5 Å². The summed E-state index contributed by atoms with van der Waals surface area (Å²) in [5, 5.41) is 0. The van der Waals surface area contributed by atoms with E-state index in [0.29, 0.717) is 30.2 Å². The first kappa shape index (κ1) is 19.2. The average molecular weight is 378 g/mol. The molecule has 27 heavy (non-hydrogen) atoms. The Balaban J connectivity index is 1.93. The monoisotopic (exact) mass is 378 g/mol. The molecule has 1 aromatic carbocycles. The molecule has 0 radical (unpaired) electrons. The van der Waals surface area contributed by atoms with Crippen molar-refractivity contribution in [2.45, 2.75) is 32.9 Å². The Morgan fingerprint density at radius 1 is 1.26 bits per heavy atom. The van der Waals surface area contributed by atoms with Crippen molar-refractivity contribution in [2.75, 3.05) is 18.1 Å². The Labute approximate surface area is 156 Å². The van der Waals surface area contributed by atoms with Gasteiger partial charge in [0.15, 0.2) is 0 Å². The maximum absolute atomic E-state index is 13.0. The molecule has 4 nitrogen and oxygen atoms in total. The maximum atomic E-state index is 13.0. The summed E-state index contributed by atoms with van der Waals surface area (Å²) in [5.74, 6) is 0.674. The first-order chi connectivity index (χ1) is 12.8. The van der Waals surface area contributed by atoms with Crippen LogP contribution in [0, 0.1) is 5.92 Å². The standard InChI is InChI=1S/C20H21F3N2O2/c1-13(2)12-27-19(26)25-10-4-6-14-8-9-17(24-18(14)25)15-5-3-7-16(11-15)20(21,22)23/h3,5,7-9,11,13H,4,6,10,12H2,1-2H3. The number of aromatic nitrogens is 1. The smallest absolute Gasteiger partial charge is 0.416 e. The van der Waals surface area contributed by atoms with Gasteiger partial charge < -0.3 is 4.74 Å². The van der Waals surface area contributed by atoms with Crippen molar-refractivity contribution in [1.82, 2.24) is 4.98 Å². The van der Waals surface area contributed by atoms with Crippen molar-refractivity contribution in [3.8, 4) is 11.3 Å². The predicted molar refractivity (Wildman–Crippen MR) is 96.5 cm³/mol. The summed E-state index contributed by atoms with van der Waals surface area (Å²) in [7, 11) is 0. The van der Waals surface area contributed by atoms with Crippen molar-refractivity contribution in [3.63, 3.8) is 0 Å². The number of fused-ring (bicyclic) bond motifs is 1. The summed E-state index contributed by atoms with van der Waals surface area (Å²) < 4.78 is 44.3. The lowest BCUT2D eigenvalue weighted by Gasteiger charge is -2.28. The van der Waals surface area contributed by atoms with Gasteiger partial charge in [0.25, 0.3) is 0 Å². The number of aryl methyl sites for hydroxylation is 1. The summed E-state index contributed by atoms with van der Waals surface area (Å²) in [6.07, 6.45) is -3.34. The molecule has 7 heteroatoms. The highest BCUT2D eigenvalue weighted by Crippen LogP contribution is 2.33. The van der Waals surface area contributed by atoms with Crippen molar-refractivity contribution in [2.24, 2.45) is 5.92 Å². The lowest BCUT2D eigenvalue weighted by Crippen LogP contribution is -2.37. The summed E-state index contributed by atoms with van der Waals surface area (Å²) in [6.45, 7) is 4.67. The number of nitrogens with zero attached hydrogens (tertiary/aromatic N) is 2. The highest BCUT2D eigenvalue weighted by molar-refractivity contribution is 5.88. The number of anilines is 1. The molecule has 0 unspecified atom stereocenters. The number of amides is 1. The minimum atomic E-state index is -4.42. The Kier molecular flexibility index (Phi) is 5.39. The number of benzene rings is 1. The molecule has 1 aliphatic rings. The van der Waals surface area contributed by atoms with Crippen LogP contribution in [0.3, 0.4) is 0 Å². The normalized spacial score (nSPS) is 14.2. The lowest BCUT2D eigenvalue weighted by atomic mass is 10.0. The molecule has 1 aliphatic heterocycles. The van der Waals surface area contributed by atoms with E-state index in [4.69, 9.17) is 4.74 Å². The zero-order valence-electron chi connectivity index (χ0n) is 15.2. The molecule has 0 saturated carbocycles. The quantitative estimate of drug-likeness (QED) is 0.727. The first-order valence-electron chi connectivity index (χ1n) is 8.87. The van der Waals surface area contributed by atoms with E-state index in [1.165, 1.54) is 11.0 Å². The van der Waals surface area contributed by atoms with E-state index >= 15 is 0 Å². The molecular weight excluding hydrogens is 357 g/mol. The second-order valence-electron chi connectivity index (χ2n) is 6.98. The van der Waals surface area contributed by atoms with Crippen LogP contribution < -0.4 is 4.90 Å². The van der Waals surface area contributed by atoms with Gasteiger partial charge in [-0.05, 0) is 42.5 Å². The van der Waals surface area contributed by atoms with Gasteiger partial charge in [0.2, 0.25) is 0 Å². The van der Waals surface area contributed by atoms with Crippen LogP contribution in [0.15, 0.2) is 36.4 Å². The van der Waals surface area contributed by atoms with Crippen LogP contribution in [0.4, 0.5) is 23.8 Å². The second-order valence-corrected chi connectivity index (χ2v) is 6.98. The van der Waals surface area contributed by atoms with Gasteiger partial charge in [0, 0.05) is 12.1 Å². The van der Waals surface area contributed by atoms with E-state index in [9.17, 15) is 18.0 Å². The van der Waals surface area contributed by atoms with E-state index in [1.54, 1.807) is 12.1 Å². The molecule has 0 spiro atoms. The fourth-order valence-electron chi connectivity index (χ4n) is 2.95. The fraction of sp³-hybridized carbons (Fsp3) is 0.400.